The van der Waals surface area contributed by atoms with Crippen molar-refractivity contribution in [2.45, 2.75) is 33.2 Å². The van der Waals surface area contributed by atoms with E-state index in [2.05, 4.69) is 4.99 Å². The van der Waals surface area contributed by atoms with E-state index in [0.29, 0.717) is 37.7 Å². The molecular formula is C27H24ClN3O4S. The summed E-state index contributed by atoms with van der Waals surface area (Å²) in [5, 5.41) is 0.538. The Hall–Kier alpha value is -3.49. The Labute approximate surface area is 216 Å². The van der Waals surface area contributed by atoms with Crippen molar-refractivity contribution in [3.63, 3.8) is 0 Å². The van der Waals surface area contributed by atoms with Crippen molar-refractivity contribution < 1.29 is 14.3 Å². The van der Waals surface area contributed by atoms with Crippen LogP contribution >= 0.6 is 22.9 Å². The summed E-state index contributed by atoms with van der Waals surface area (Å²) in [4.78, 5) is 47.4. The predicted molar refractivity (Wildman–Crippen MR) is 140 cm³/mol. The number of fused-ring (bicyclic) bond motifs is 2. The molecular weight excluding hydrogens is 498 g/mol. The Kier molecular flexibility index (Phi) is 6.40. The van der Waals surface area contributed by atoms with Gasteiger partial charge in [0.15, 0.2) is 4.80 Å². The van der Waals surface area contributed by atoms with Gasteiger partial charge < -0.3 is 9.64 Å². The zero-order valence-electron chi connectivity index (χ0n) is 20.1. The molecule has 2 aromatic carbocycles. The van der Waals surface area contributed by atoms with Crippen molar-refractivity contribution in [2.24, 2.45) is 4.99 Å². The molecule has 0 bridgehead atoms. The first kappa shape index (κ1) is 24.2. The van der Waals surface area contributed by atoms with Crippen LogP contribution in [0, 0.1) is 0 Å². The molecule has 0 radical (unpaired) electrons. The van der Waals surface area contributed by atoms with Gasteiger partial charge in [-0.1, -0.05) is 60.2 Å². The van der Waals surface area contributed by atoms with E-state index in [4.69, 9.17) is 16.3 Å². The quantitative estimate of drug-likeness (QED) is 0.481. The molecule has 0 N–H and O–H groups in total. The van der Waals surface area contributed by atoms with Crippen LogP contribution in [-0.2, 0) is 14.3 Å². The Balaban J connectivity index is 1.81. The maximum absolute atomic E-state index is 14.0. The molecule has 0 spiro atoms. The van der Waals surface area contributed by atoms with Crippen LogP contribution in [0.4, 0.5) is 5.69 Å². The van der Waals surface area contributed by atoms with Gasteiger partial charge in [0.2, 0.25) is 0 Å². The van der Waals surface area contributed by atoms with E-state index in [-0.39, 0.29) is 23.6 Å². The molecule has 3 heterocycles. The number of nitrogens with zero attached hydrogens (tertiary/aromatic N) is 3. The van der Waals surface area contributed by atoms with E-state index in [1.807, 2.05) is 31.2 Å². The fourth-order valence-corrected chi connectivity index (χ4v) is 6.01. The maximum Gasteiger partial charge on any atom is 0.338 e. The smallest absolute Gasteiger partial charge is 0.338 e. The number of esters is 1. The van der Waals surface area contributed by atoms with Crippen LogP contribution in [-0.4, -0.2) is 29.6 Å². The number of amides is 1. The number of benzene rings is 2. The molecule has 2 aliphatic rings. The van der Waals surface area contributed by atoms with Crippen LogP contribution in [0.1, 0.15) is 44.4 Å². The first-order chi connectivity index (χ1) is 17.4. The minimum atomic E-state index is -0.759. The highest BCUT2D eigenvalue weighted by Gasteiger charge is 2.37. The lowest BCUT2D eigenvalue weighted by Gasteiger charge is -2.24. The summed E-state index contributed by atoms with van der Waals surface area (Å²) in [6.07, 6.45) is 0.785. The van der Waals surface area contributed by atoms with Crippen LogP contribution < -0.4 is 19.8 Å². The van der Waals surface area contributed by atoms with Gasteiger partial charge in [-0.3, -0.25) is 14.2 Å². The highest BCUT2D eigenvalue weighted by atomic mass is 35.5. The van der Waals surface area contributed by atoms with E-state index in [9.17, 15) is 14.4 Å². The molecule has 9 heteroatoms. The molecule has 0 saturated heterocycles. The zero-order valence-corrected chi connectivity index (χ0v) is 21.7. The van der Waals surface area contributed by atoms with E-state index in [0.717, 1.165) is 17.7 Å². The fourth-order valence-electron chi connectivity index (χ4n) is 4.75. The summed E-state index contributed by atoms with van der Waals surface area (Å²) in [5.41, 5.74) is 2.97. The third-order valence-electron chi connectivity index (χ3n) is 6.28. The van der Waals surface area contributed by atoms with Gasteiger partial charge in [-0.15, -0.1) is 0 Å². The summed E-state index contributed by atoms with van der Waals surface area (Å²) in [6, 6.07) is 13.7. The van der Waals surface area contributed by atoms with Gasteiger partial charge >= 0.3 is 5.97 Å². The number of allylic oxidation sites excluding steroid dienone is 1. The Morgan fingerprint density at radius 3 is 2.53 bits per heavy atom. The third kappa shape index (κ3) is 3.81. The first-order valence-electron chi connectivity index (χ1n) is 11.8. The summed E-state index contributed by atoms with van der Waals surface area (Å²) < 4.78 is 7.13. The molecule has 36 heavy (non-hydrogen) atoms. The molecule has 7 nitrogen and oxygen atoms in total. The van der Waals surface area contributed by atoms with Crippen molar-refractivity contribution in [1.82, 2.24) is 4.57 Å². The summed E-state index contributed by atoms with van der Waals surface area (Å²) >= 11 is 7.28. The summed E-state index contributed by atoms with van der Waals surface area (Å²) in [7, 11) is 0. The van der Waals surface area contributed by atoms with Gasteiger partial charge in [-0.25, -0.2) is 9.79 Å². The van der Waals surface area contributed by atoms with E-state index in [1.165, 1.54) is 15.9 Å². The van der Waals surface area contributed by atoms with Gasteiger partial charge in [0, 0.05) is 17.1 Å². The molecule has 184 valence electrons. The standard InChI is InChI=1S/C27H24ClN3O4S/c1-4-14-30-19-9-7-6-8-18(19)21(24(30)32)23-25(33)31-22(16-10-12-17(28)13-11-16)20(26(34)35-5-2)15(3)29-27(31)36-23/h6-13,22H,4-5,14H2,1-3H3/b23-21-/t22-/m1/s1. The number of aromatic nitrogens is 1. The van der Waals surface area contributed by atoms with Gasteiger partial charge in [-0.2, -0.15) is 0 Å². The van der Waals surface area contributed by atoms with Crippen molar-refractivity contribution >= 4 is 46.1 Å². The Bertz CT molecular complexity index is 1600. The fraction of sp³-hybridized carbons (Fsp3) is 0.259. The molecule has 1 amide bonds. The largest absolute Gasteiger partial charge is 0.463 e. The second kappa shape index (κ2) is 9.52. The second-order valence-electron chi connectivity index (χ2n) is 8.52. The number of hydrogen-bond acceptors (Lipinski definition) is 6. The average molecular weight is 522 g/mol. The minimum Gasteiger partial charge on any atom is -0.463 e. The van der Waals surface area contributed by atoms with Crippen LogP contribution in [0.5, 0.6) is 0 Å². The number of carbonyl (C=O) groups is 2. The number of thiazole rings is 1. The molecule has 1 atom stereocenters. The second-order valence-corrected chi connectivity index (χ2v) is 9.94. The number of halogens is 1. The van der Waals surface area contributed by atoms with Gasteiger partial charge in [-0.05, 0) is 44.0 Å². The minimum absolute atomic E-state index is 0.191. The van der Waals surface area contributed by atoms with Crippen molar-refractivity contribution in [3.05, 3.63) is 95.6 Å². The lowest BCUT2D eigenvalue weighted by molar-refractivity contribution is -0.139. The molecule has 5 rings (SSSR count). The number of ether oxygens (including phenoxy) is 1. The summed E-state index contributed by atoms with van der Waals surface area (Å²) in [5.74, 6) is -0.735. The lowest BCUT2D eigenvalue weighted by atomic mass is 9.96. The number of rotatable bonds is 5. The topological polar surface area (TPSA) is 81.0 Å². The third-order valence-corrected chi connectivity index (χ3v) is 7.58. The molecule has 3 aromatic rings. The lowest BCUT2D eigenvalue weighted by Crippen LogP contribution is -2.41. The van der Waals surface area contributed by atoms with E-state index >= 15 is 0 Å². The first-order valence-corrected chi connectivity index (χ1v) is 13.0. The molecule has 0 fully saturated rings. The highest BCUT2D eigenvalue weighted by molar-refractivity contribution is 7.07. The number of hydrogen-bond donors (Lipinski definition) is 0. The van der Waals surface area contributed by atoms with E-state index < -0.39 is 12.0 Å². The molecule has 0 saturated carbocycles. The zero-order chi connectivity index (χ0) is 25.6. The van der Waals surface area contributed by atoms with Gasteiger partial charge in [0.05, 0.1) is 35.2 Å². The normalized spacial score (nSPS) is 18.2. The number of anilines is 1. The molecule has 0 unspecified atom stereocenters. The maximum atomic E-state index is 14.0. The average Bonchev–Trinajstić information content (AvgIpc) is 3.32. The van der Waals surface area contributed by atoms with Crippen LogP contribution in [0.2, 0.25) is 5.02 Å². The van der Waals surface area contributed by atoms with Crippen molar-refractivity contribution in [1.29, 1.82) is 0 Å². The van der Waals surface area contributed by atoms with Crippen molar-refractivity contribution in [2.75, 3.05) is 18.1 Å². The highest BCUT2D eigenvalue weighted by Crippen LogP contribution is 2.35. The Morgan fingerprint density at radius 2 is 1.83 bits per heavy atom. The van der Waals surface area contributed by atoms with Gasteiger partial charge in [0.25, 0.3) is 11.5 Å². The van der Waals surface area contributed by atoms with Crippen molar-refractivity contribution in [3.8, 4) is 0 Å². The van der Waals surface area contributed by atoms with Crippen LogP contribution in [0.15, 0.2) is 69.6 Å². The monoisotopic (exact) mass is 521 g/mol. The predicted octanol–water partition coefficient (Wildman–Crippen LogP) is 3.58. The Morgan fingerprint density at radius 1 is 1.11 bits per heavy atom. The van der Waals surface area contributed by atoms with Gasteiger partial charge in [0.1, 0.15) is 4.53 Å². The molecule has 2 aliphatic heterocycles. The number of para-hydroxylation sites is 1. The van der Waals surface area contributed by atoms with E-state index in [1.54, 1.807) is 43.0 Å². The SMILES string of the molecule is CCCN1C(=O)/C(=c2\sc3n(c2=O)[C@H](c2ccc(Cl)cc2)C(C(=O)OCC)=C(C)N=3)c2ccccc21. The van der Waals surface area contributed by atoms with Crippen LogP contribution in [0.25, 0.3) is 5.57 Å². The number of carbonyl (C=O) groups excluding carboxylic acids is 2. The summed E-state index contributed by atoms with van der Waals surface area (Å²) in [6.45, 7) is 6.21. The molecule has 0 aliphatic carbocycles. The molecule has 1 aromatic heterocycles. The van der Waals surface area contributed by atoms with Crippen LogP contribution in [0.3, 0.4) is 0 Å².